The van der Waals surface area contributed by atoms with E-state index in [1.165, 1.54) is 4.31 Å². The van der Waals surface area contributed by atoms with Gasteiger partial charge in [0, 0.05) is 18.1 Å². The molecule has 1 N–H and O–H groups in total. The van der Waals surface area contributed by atoms with Crippen molar-refractivity contribution in [2.75, 3.05) is 31.3 Å². The Balaban J connectivity index is 1.73. The van der Waals surface area contributed by atoms with E-state index < -0.39 is 15.9 Å². The minimum Gasteiger partial charge on any atom is -0.497 e. The Morgan fingerprint density at radius 1 is 1.19 bits per heavy atom. The number of halogens is 1. The van der Waals surface area contributed by atoms with Crippen LogP contribution in [0.25, 0.3) is 0 Å². The maximum Gasteiger partial charge on any atom is 0.228 e. The first-order valence-corrected chi connectivity index (χ1v) is 12.2. The van der Waals surface area contributed by atoms with Crippen LogP contribution in [0.15, 0.2) is 42.5 Å². The largest absolute Gasteiger partial charge is 0.497 e. The van der Waals surface area contributed by atoms with Crippen molar-refractivity contribution < 1.29 is 22.7 Å². The maximum absolute atomic E-state index is 12.9. The van der Waals surface area contributed by atoms with E-state index in [1.807, 2.05) is 6.92 Å². The molecule has 1 aliphatic rings. The molecule has 0 aromatic heterocycles. The lowest BCUT2D eigenvalue weighted by Gasteiger charge is -2.31. The molecular formula is C22H27ClN2O5S. The molecule has 1 fully saturated rings. The van der Waals surface area contributed by atoms with E-state index in [9.17, 15) is 13.2 Å². The number of nitrogens with one attached hydrogen (secondary N) is 1. The summed E-state index contributed by atoms with van der Waals surface area (Å²) < 4.78 is 37.3. The van der Waals surface area contributed by atoms with Crippen molar-refractivity contribution in [3.8, 4) is 17.2 Å². The van der Waals surface area contributed by atoms with E-state index >= 15 is 0 Å². The topological polar surface area (TPSA) is 84.9 Å². The third-order valence-electron chi connectivity index (χ3n) is 5.10. The highest BCUT2D eigenvalue weighted by atomic mass is 35.5. The third-order valence-corrected chi connectivity index (χ3v) is 7.37. The smallest absolute Gasteiger partial charge is 0.228 e. The number of anilines is 1. The molecule has 0 saturated carbocycles. The molecule has 1 atom stereocenters. The summed E-state index contributed by atoms with van der Waals surface area (Å²) in [6.07, 6.45) is 1.81. The predicted molar refractivity (Wildman–Crippen MR) is 122 cm³/mol. The first kappa shape index (κ1) is 23.4. The van der Waals surface area contributed by atoms with Crippen LogP contribution in [-0.4, -0.2) is 44.6 Å². The van der Waals surface area contributed by atoms with E-state index in [1.54, 1.807) is 49.6 Å². The van der Waals surface area contributed by atoms with Crippen molar-refractivity contribution in [2.24, 2.45) is 5.92 Å². The van der Waals surface area contributed by atoms with Crippen LogP contribution in [0.2, 0.25) is 5.02 Å². The second kappa shape index (κ2) is 10.3. The zero-order chi connectivity index (χ0) is 22.4. The lowest BCUT2D eigenvalue weighted by atomic mass is 9.98. The summed E-state index contributed by atoms with van der Waals surface area (Å²) in [5.41, 5.74) is 0.432. The molecule has 0 spiro atoms. The molecule has 0 radical (unpaired) electrons. The number of carbonyl (C=O) groups is 1. The molecule has 2 aromatic carbocycles. The van der Waals surface area contributed by atoms with Gasteiger partial charge in [0.25, 0.3) is 0 Å². The van der Waals surface area contributed by atoms with Crippen molar-refractivity contribution >= 4 is 33.2 Å². The molecule has 1 aliphatic heterocycles. The normalized spacial score (nSPS) is 17.2. The highest BCUT2D eigenvalue weighted by molar-refractivity contribution is 7.89. The Hall–Kier alpha value is -2.29. The van der Waals surface area contributed by atoms with Gasteiger partial charge in [-0.15, -0.1) is 0 Å². The van der Waals surface area contributed by atoms with Crippen LogP contribution in [0.4, 0.5) is 5.69 Å². The summed E-state index contributed by atoms with van der Waals surface area (Å²) in [5.74, 6) is 1.13. The average molecular weight is 467 g/mol. The minimum atomic E-state index is -3.34. The first-order valence-electron chi connectivity index (χ1n) is 10.2. The molecule has 7 nitrogen and oxygen atoms in total. The number of hydrogen-bond donors (Lipinski definition) is 1. The van der Waals surface area contributed by atoms with E-state index in [4.69, 9.17) is 21.1 Å². The molecular weight excluding hydrogens is 440 g/mol. The van der Waals surface area contributed by atoms with Gasteiger partial charge in [0.1, 0.15) is 11.5 Å². The van der Waals surface area contributed by atoms with E-state index in [0.29, 0.717) is 53.8 Å². The third kappa shape index (κ3) is 6.12. The lowest BCUT2D eigenvalue weighted by Crippen LogP contribution is -2.44. The van der Waals surface area contributed by atoms with Gasteiger partial charge in [-0.2, -0.15) is 0 Å². The number of methoxy groups -OCH3 is 1. The number of benzene rings is 2. The summed E-state index contributed by atoms with van der Waals surface area (Å²) in [4.78, 5) is 12.9. The Morgan fingerprint density at radius 3 is 2.58 bits per heavy atom. The molecule has 0 aliphatic carbocycles. The fourth-order valence-electron chi connectivity index (χ4n) is 3.49. The second-order valence-electron chi connectivity index (χ2n) is 7.42. The zero-order valence-electron chi connectivity index (χ0n) is 17.6. The van der Waals surface area contributed by atoms with Crippen molar-refractivity contribution in [3.63, 3.8) is 0 Å². The van der Waals surface area contributed by atoms with Crippen molar-refractivity contribution in [2.45, 2.75) is 26.2 Å². The average Bonchev–Trinajstić information content (AvgIpc) is 2.76. The number of carbonyl (C=O) groups excluding carboxylic acids is 1. The van der Waals surface area contributed by atoms with Crippen LogP contribution in [0, 0.1) is 5.92 Å². The van der Waals surface area contributed by atoms with Gasteiger partial charge in [0.15, 0.2) is 5.75 Å². The number of hydrogen-bond acceptors (Lipinski definition) is 5. The molecule has 168 valence electrons. The SMILES string of the molecule is CCCS(=O)(=O)N1CCCC(C(=O)Nc2cc(Cl)ccc2Oc2ccc(OC)cc2)C1. The van der Waals surface area contributed by atoms with Crippen molar-refractivity contribution in [3.05, 3.63) is 47.5 Å². The second-order valence-corrected chi connectivity index (χ2v) is 9.95. The summed E-state index contributed by atoms with van der Waals surface area (Å²) in [6, 6.07) is 12.0. The summed E-state index contributed by atoms with van der Waals surface area (Å²) in [5, 5.41) is 3.33. The fraction of sp³-hybridized carbons (Fsp3) is 0.409. The first-order chi connectivity index (χ1) is 14.8. The van der Waals surface area contributed by atoms with Gasteiger partial charge in [-0.3, -0.25) is 4.79 Å². The van der Waals surface area contributed by atoms with Gasteiger partial charge in [-0.05, 0) is 61.7 Å². The monoisotopic (exact) mass is 466 g/mol. The minimum absolute atomic E-state index is 0.0927. The Morgan fingerprint density at radius 2 is 1.90 bits per heavy atom. The Labute approximate surface area is 188 Å². The van der Waals surface area contributed by atoms with Gasteiger partial charge in [0.05, 0.1) is 24.5 Å². The number of piperidine rings is 1. The zero-order valence-corrected chi connectivity index (χ0v) is 19.2. The van der Waals surface area contributed by atoms with E-state index in [0.717, 1.165) is 0 Å². The van der Waals surface area contributed by atoms with Gasteiger partial charge in [0.2, 0.25) is 15.9 Å². The number of rotatable bonds is 8. The molecule has 1 heterocycles. The molecule has 1 saturated heterocycles. The van der Waals surface area contributed by atoms with E-state index in [-0.39, 0.29) is 18.2 Å². The van der Waals surface area contributed by atoms with Crippen LogP contribution in [0.1, 0.15) is 26.2 Å². The van der Waals surface area contributed by atoms with Crippen LogP contribution in [-0.2, 0) is 14.8 Å². The number of nitrogens with zero attached hydrogens (tertiary/aromatic N) is 1. The maximum atomic E-state index is 12.9. The van der Waals surface area contributed by atoms with Gasteiger partial charge in [-0.1, -0.05) is 18.5 Å². The molecule has 3 rings (SSSR count). The highest BCUT2D eigenvalue weighted by Gasteiger charge is 2.32. The van der Waals surface area contributed by atoms with Crippen molar-refractivity contribution in [1.29, 1.82) is 0 Å². The van der Waals surface area contributed by atoms with Crippen molar-refractivity contribution in [1.82, 2.24) is 4.31 Å². The molecule has 1 amide bonds. The Kier molecular flexibility index (Phi) is 7.80. The molecule has 31 heavy (non-hydrogen) atoms. The standard InChI is InChI=1S/C22H27ClN2O5S/c1-3-13-31(27,28)25-12-4-5-16(15-25)22(26)24-20-14-17(23)6-11-21(20)30-19-9-7-18(29-2)8-10-19/h6-11,14,16H,3-5,12-13,15H2,1-2H3,(H,24,26). The van der Waals surface area contributed by atoms with Gasteiger partial charge >= 0.3 is 0 Å². The molecule has 1 unspecified atom stereocenters. The lowest BCUT2D eigenvalue weighted by molar-refractivity contribution is -0.120. The number of sulfonamides is 1. The van der Waals surface area contributed by atoms with Gasteiger partial charge in [-0.25, -0.2) is 12.7 Å². The van der Waals surface area contributed by atoms with Crippen LogP contribution < -0.4 is 14.8 Å². The van der Waals surface area contributed by atoms with Crippen LogP contribution in [0.5, 0.6) is 17.2 Å². The molecule has 9 heteroatoms. The summed E-state index contributed by atoms with van der Waals surface area (Å²) in [6.45, 7) is 2.47. The fourth-order valence-corrected chi connectivity index (χ4v) is 5.25. The Bertz CT molecular complexity index is 1010. The van der Waals surface area contributed by atoms with E-state index in [2.05, 4.69) is 5.32 Å². The number of ether oxygens (including phenoxy) is 2. The van der Waals surface area contributed by atoms with Gasteiger partial charge < -0.3 is 14.8 Å². The summed E-state index contributed by atoms with van der Waals surface area (Å²) >= 11 is 6.14. The quantitative estimate of drug-likeness (QED) is 0.617. The summed E-state index contributed by atoms with van der Waals surface area (Å²) in [7, 11) is -1.75. The predicted octanol–water partition coefficient (Wildman–Crippen LogP) is 4.53. The van der Waals surface area contributed by atoms with Crippen LogP contribution >= 0.6 is 11.6 Å². The van der Waals surface area contributed by atoms with Crippen LogP contribution in [0.3, 0.4) is 0 Å². The highest BCUT2D eigenvalue weighted by Crippen LogP contribution is 2.33. The molecule has 0 bridgehead atoms. The molecule has 2 aromatic rings. The number of amides is 1.